The van der Waals surface area contributed by atoms with E-state index in [2.05, 4.69) is 27.4 Å². The van der Waals surface area contributed by atoms with Crippen molar-refractivity contribution in [1.29, 1.82) is 0 Å². The van der Waals surface area contributed by atoms with Crippen molar-refractivity contribution in [1.82, 2.24) is 0 Å². The molecule has 6 heteroatoms. The van der Waals surface area contributed by atoms with Crippen LogP contribution in [-0.4, -0.2) is 38.6 Å². The van der Waals surface area contributed by atoms with E-state index >= 15 is 0 Å². The summed E-state index contributed by atoms with van der Waals surface area (Å²) in [5, 5.41) is 43.1. The van der Waals surface area contributed by atoms with Gasteiger partial charge in [-0.2, -0.15) is 0 Å². The van der Waals surface area contributed by atoms with Gasteiger partial charge in [-0.25, -0.2) is 0 Å². The number of phenols is 3. The highest BCUT2D eigenvalue weighted by atomic mass is 16.3. The SMILES string of the molecule is C=C1CC[C@@H](C(CC(C)C)c2c(O)c(C=O)c(O)c(C=O)c2O)[C@]2(C)CC[C@@H](C(C)(C)O)C[C@@H]12. The topological polar surface area (TPSA) is 115 Å². The second-order valence-corrected chi connectivity index (χ2v) is 11.7. The van der Waals surface area contributed by atoms with Crippen LogP contribution in [0.4, 0.5) is 0 Å². The Morgan fingerprint density at radius 2 is 1.62 bits per heavy atom. The summed E-state index contributed by atoms with van der Waals surface area (Å²) in [7, 11) is 0. The molecule has 2 aliphatic carbocycles. The summed E-state index contributed by atoms with van der Waals surface area (Å²) in [4.78, 5) is 23.4. The van der Waals surface area contributed by atoms with E-state index in [9.17, 15) is 30.0 Å². The molecular formula is C28H40O6. The molecule has 1 aromatic rings. The first-order valence-electron chi connectivity index (χ1n) is 12.4. The quantitative estimate of drug-likeness (QED) is 0.298. The number of rotatable bonds is 7. The van der Waals surface area contributed by atoms with Gasteiger partial charge in [0.05, 0.1) is 16.7 Å². The van der Waals surface area contributed by atoms with E-state index in [1.165, 1.54) is 5.57 Å². The van der Waals surface area contributed by atoms with Gasteiger partial charge in [-0.3, -0.25) is 9.59 Å². The molecule has 2 aliphatic rings. The van der Waals surface area contributed by atoms with E-state index in [0.29, 0.717) is 19.0 Å². The van der Waals surface area contributed by atoms with Crippen LogP contribution in [0, 0.1) is 29.1 Å². The van der Waals surface area contributed by atoms with Gasteiger partial charge in [-0.1, -0.05) is 32.9 Å². The van der Waals surface area contributed by atoms with Crippen LogP contribution in [0.25, 0.3) is 0 Å². The Morgan fingerprint density at radius 3 is 2.09 bits per heavy atom. The fourth-order valence-corrected chi connectivity index (χ4v) is 6.89. The number of benzene rings is 1. The number of phenolic OH excluding ortho intramolecular Hbond substituents is 3. The number of aliphatic hydroxyl groups is 1. The summed E-state index contributed by atoms with van der Waals surface area (Å²) in [6.07, 6.45) is 5.46. The van der Waals surface area contributed by atoms with Crippen molar-refractivity contribution in [2.24, 2.45) is 29.1 Å². The minimum Gasteiger partial charge on any atom is -0.507 e. The maximum absolute atomic E-state index is 11.7. The van der Waals surface area contributed by atoms with Crippen LogP contribution >= 0.6 is 0 Å². The summed E-state index contributed by atoms with van der Waals surface area (Å²) in [6.45, 7) is 14.5. The number of aldehydes is 2. The molecule has 0 saturated heterocycles. The molecule has 0 bridgehead atoms. The van der Waals surface area contributed by atoms with E-state index in [1.54, 1.807) is 0 Å². The Morgan fingerprint density at radius 1 is 1.06 bits per heavy atom. The third kappa shape index (κ3) is 4.37. The van der Waals surface area contributed by atoms with Gasteiger partial charge in [0.15, 0.2) is 12.6 Å². The molecule has 0 amide bonds. The van der Waals surface area contributed by atoms with Gasteiger partial charge in [0.2, 0.25) is 0 Å². The molecule has 2 saturated carbocycles. The molecule has 0 aliphatic heterocycles. The lowest BCUT2D eigenvalue weighted by molar-refractivity contribution is -0.0652. The number of aromatic hydroxyl groups is 3. The van der Waals surface area contributed by atoms with Crippen molar-refractivity contribution in [3.8, 4) is 17.2 Å². The van der Waals surface area contributed by atoms with Crippen molar-refractivity contribution in [3.63, 3.8) is 0 Å². The highest BCUT2D eigenvalue weighted by Crippen LogP contribution is 2.63. The van der Waals surface area contributed by atoms with E-state index in [0.717, 1.165) is 32.1 Å². The third-order valence-corrected chi connectivity index (χ3v) is 8.81. The second-order valence-electron chi connectivity index (χ2n) is 11.7. The Bertz CT molecular complexity index is 937. The number of fused-ring (bicyclic) bond motifs is 1. The van der Waals surface area contributed by atoms with E-state index in [1.807, 2.05) is 13.8 Å². The highest BCUT2D eigenvalue weighted by Gasteiger charge is 2.53. The molecule has 6 nitrogen and oxygen atoms in total. The van der Waals surface area contributed by atoms with Gasteiger partial charge in [0, 0.05) is 5.56 Å². The summed E-state index contributed by atoms with van der Waals surface area (Å²) >= 11 is 0. The number of hydrogen-bond acceptors (Lipinski definition) is 6. The smallest absolute Gasteiger partial charge is 0.157 e. The molecule has 0 aromatic heterocycles. The van der Waals surface area contributed by atoms with Gasteiger partial charge in [0.1, 0.15) is 17.2 Å². The first kappa shape index (κ1) is 26.3. The minimum atomic E-state index is -0.781. The predicted molar refractivity (Wildman–Crippen MR) is 132 cm³/mol. The monoisotopic (exact) mass is 472 g/mol. The van der Waals surface area contributed by atoms with E-state index in [4.69, 9.17) is 0 Å². The maximum Gasteiger partial charge on any atom is 0.157 e. The number of carbonyl (C=O) groups excluding carboxylic acids is 2. The van der Waals surface area contributed by atoms with Crippen molar-refractivity contribution in [2.45, 2.75) is 84.7 Å². The average molecular weight is 473 g/mol. The Balaban J connectivity index is 2.17. The summed E-state index contributed by atoms with van der Waals surface area (Å²) < 4.78 is 0. The fourth-order valence-electron chi connectivity index (χ4n) is 6.89. The van der Waals surface area contributed by atoms with E-state index < -0.39 is 22.8 Å². The molecule has 1 aromatic carbocycles. The molecule has 4 N–H and O–H groups in total. The Hall–Kier alpha value is -2.34. The molecule has 188 valence electrons. The lowest BCUT2D eigenvalue weighted by Crippen LogP contribution is -2.49. The molecular weight excluding hydrogens is 432 g/mol. The number of allylic oxidation sites excluding steroid dienone is 1. The van der Waals surface area contributed by atoms with Gasteiger partial charge in [0.25, 0.3) is 0 Å². The summed E-state index contributed by atoms with van der Waals surface area (Å²) in [5.41, 5.74) is -0.338. The van der Waals surface area contributed by atoms with Gasteiger partial charge in [-0.05, 0) is 87.4 Å². The Kier molecular flexibility index (Phi) is 7.24. The molecule has 2 fully saturated rings. The molecule has 0 spiro atoms. The van der Waals surface area contributed by atoms with Crippen LogP contribution in [0.5, 0.6) is 17.2 Å². The van der Waals surface area contributed by atoms with Crippen LogP contribution in [-0.2, 0) is 0 Å². The molecule has 0 radical (unpaired) electrons. The summed E-state index contributed by atoms with van der Waals surface area (Å²) in [5.74, 6) is -1.31. The van der Waals surface area contributed by atoms with Crippen LogP contribution in [0.3, 0.4) is 0 Å². The zero-order chi connectivity index (χ0) is 25.6. The first-order chi connectivity index (χ1) is 15.8. The third-order valence-electron chi connectivity index (χ3n) is 8.81. The molecule has 0 heterocycles. The van der Waals surface area contributed by atoms with Crippen LogP contribution in [0.2, 0.25) is 0 Å². The van der Waals surface area contributed by atoms with Crippen molar-refractivity contribution >= 4 is 12.6 Å². The molecule has 3 rings (SSSR count). The van der Waals surface area contributed by atoms with Gasteiger partial charge in [-0.15, -0.1) is 0 Å². The van der Waals surface area contributed by atoms with Gasteiger partial charge >= 0.3 is 0 Å². The van der Waals surface area contributed by atoms with E-state index in [-0.39, 0.29) is 51.7 Å². The van der Waals surface area contributed by atoms with Crippen LogP contribution in [0.1, 0.15) is 105 Å². The maximum atomic E-state index is 11.7. The largest absolute Gasteiger partial charge is 0.507 e. The van der Waals surface area contributed by atoms with Gasteiger partial charge < -0.3 is 20.4 Å². The van der Waals surface area contributed by atoms with Crippen molar-refractivity contribution in [2.75, 3.05) is 0 Å². The lowest BCUT2D eigenvalue weighted by Gasteiger charge is -2.57. The van der Waals surface area contributed by atoms with Crippen LogP contribution < -0.4 is 0 Å². The van der Waals surface area contributed by atoms with Crippen molar-refractivity contribution in [3.05, 3.63) is 28.8 Å². The minimum absolute atomic E-state index is 0.0495. The zero-order valence-corrected chi connectivity index (χ0v) is 21.1. The molecule has 34 heavy (non-hydrogen) atoms. The molecule has 5 atom stereocenters. The average Bonchev–Trinajstić information content (AvgIpc) is 2.72. The fraction of sp³-hybridized carbons (Fsp3) is 0.643. The summed E-state index contributed by atoms with van der Waals surface area (Å²) in [6, 6.07) is 0. The normalized spacial score (nSPS) is 28.4. The predicted octanol–water partition coefficient (Wildman–Crippen LogP) is 5.72. The zero-order valence-electron chi connectivity index (χ0n) is 21.1. The highest BCUT2D eigenvalue weighted by molar-refractivity contribution is 5.95. The number of carbonyl (C=O) groups is 2. The number of hydrogen-bond donors (Lipinski definition) is 4. The van der Waals surface area contributed by atoms with Crippen molar-refractivity contribution < 1.29 is 30.0 Å². The lowest BCUT2D eigenvalue weighted by atomic mass is 9.48. The Labute approximate surface area is 202 Å². The second kappa shape index (κ2) is 9.37. The van der Waals surface area contributed by atoms with Crippen LogP contribution in [0.15, 0.2) is 12.2 Å². The molecule has 1 unspecified atom stereocenters. The standard InChI is InChI=1S/C28H40O6/c1-15(2)11-18(23-25(32)19(13-29)24(31)20(14-30)26(23)33)21-8-7-16(3)22-12-17(27(4,5)34)9-10-28(21,22)6/h13-15,17-18,21-22,31-34H,3,7-12H2,1-2,4-6H3/t17-,18?,21+,22+,28+/m1/s1. The first-order valence-corrected chi connectivity index (χ1v) is 12.4.